The molecule has 3 amide bonds. The van der Waals surface area contributed by atoms with Crippen LogP contribution in [0.5, 0.6) is 0 Å². The molecule has 3 N–H and O–H groups in total. The van der Waals surface area contributed by atoms with E-state index in [1.165, 1.54) is 13.1 Å². The number of likely N-dealkylation sites (tertiary alicyclic amines) is 1. The molecule has 0 unspecified atom stereocenters. The topological polar surface area (TPSA) is 85.8 Å². The molecule has 1 aliphatic heterocycles. The van der Waals surface area contributed by atoms with Gasteiger partial charge in [-0.05, 0) is 25.3 Å². The molecule has 0 aromatic heterocycles. The highest BCUT2D eigenvalue weighted by Crippen LogP contribution is 2.11. The second kappa shape index (κ2) is 10.4. The molecule has 0 aromatic carbocycles. The summed E-state index contributed by atoms with van der Waals surface area (Å²) < 4.78 is 0. The van der Waals surface area contributed by atoms with Crippen molar-refractivity contribution in [1.82, 2.24) is 20.9 Å². The van der Waals surface area contributed by atoms with Gasteiger partial charge in [-0.25, -0.2) is 9.79 Å². The first-order valence-corrected chi connectivity index (χ1v) is 7.91. The van der Waals surface area contributed by atoms with E-state index in [2.05, 4.69) is 39.0 Å². The summed E-state index contributed by atoms with van der Waals surface area (Å²) in [5, 5.41) is 8.47. The molecule has 7 nitrogen and oxygen atoms in total. The fourth-order valence-electron chi connectivity index (χ4n) is 2.40. The average molecular weight is 321 g/mol. The molecule has 23 heavy (non-hydrogen) atoms. The fraction of sp³-hybridized carbons (Fsp3) is 0.562. The lowest BCUT2D eigenvalue weighted by atomic mass is 10.1. The van der Waals surface area contributed by atoms with Crippen LogP contribution in [0.4, 0.5) is 4.79 Å². The van der Waals surface area contributed by atoms with Crippen LogP contribution in [0.15, 0.2) is 30.4 Å². The minimum Gasteiger partial charge on any atom is -0.356 e. The predicted molar refractivity (Wildman–Crippen MR) is 92.3 cm³/mol. The van der Waals surface area contributed by atoms with Crippen molar-refractivity contribution in [2.75, 3.05) is 26.2 Å². The quantitative estimate of drug-likeness (QED) is 0.371. The highest BCUT2D eigenvalue weighted by Gasteiger charge is 2.21. The number of carbonyl (C=O) groups is 2. The Kier molecular flexibility index (Phi) is 8.49. The minimum absolute atomic E-state index is 0.0555. The van der Waals surface area contributed by atoms with E-state index in [9.17, 15) is 9.59 Å². The predicted octanol–water partition coefficient (Wildman–Crippen LogP) is 1.00. The Bertz CT molecular complexity index is 453. The van der Waals surface area contributed by atoms with Gasteiger partial charge in [0.1, 0.15) is 5.84 Å². The lowest BCUT2D eigenvalue weighted by Crippen LogP contribution is -2.49. The summed E-state index contributed by atoms with van der Waals surface area (Å²) in [6.45, 7) is 11.6. The molecule has 0 bridgehead atoms. The molecule has 0 spiro atoms. The first kappa shape index (κ1) is 18.7. The Morgan fingerprint density at radius 1 is 1.22 bits per heavy atom. The summed E-state index contributed by atoms with van der Waals surface area (Å²) in [7, 11) is 0. The zero-order valence-electron chi connectivity index (χ0n) is 13.8. The van der Waals surface area contributed by atoms with E-state index in [1.807, 2.05) is 0 Å². The van der Waals surface area contributed by atoms with Crippen LogP contribution in [0, 0.1) is 0 Å². The van der Waals surface area contributed by atoms with Crippen molar-refractivity contribution in [2.24, 2.45) is 4.99 Å². The van der Waals surface area contributed by atoms with Crippen LogP contribution in [0.25, 0.3) is 0 Å². The lowest BCUT2D eigenvalue weighted by molar-refractivity contribution is -0.118. The van der Waals surface area contributed by atoms with Crippen LogP contribution in [-0.4, -0.2) is 54.9 Å². The number of urea groups is 1. The number of aliphatic imine (C=N–C) groups is 1. The van der Waals surface area contributed by atoms with E-state index in [4.69, 9.17) is 0 Å². The van der Waals surface area contributed by atoms with Crippen molar-refractivity contribution in [3.63, 3.8) is 0 Å². The van der Waals surface area contributed by atoms with E-state index >= 15 is 0 Å². The van der Waals surface area contributed by atoms with Gasteiger partial charge in [-0.3, -0.25) is 4.79 Å². The first-order valence-electron chi connectivity index (χ1n) is 7.91. The molecule has 1 rings (SSSR count). The van der Waals surface area contributed by atoms with Crippen molar-refractivity contribution in [2.45, 2.75) is 32.2 Å². The van der Waals surface area contributed by atoms with E-state index in [-0.39, 0.29) is 18.0 Å². The molecule has 1 heterocycles. The lowest BCUT2D eigenvalue weighted by Gasteiger charge is -2.33. The van der Waals surface area contributed by atoms with Crippen LogP contribution in [0.1, 0.15) is 26.2 Å². The molecule has 1 aliphatic rings. The van der Waals surface area contributed by atoms with Crippen molar-refractivity contribution < 1.29 is 9.59 Å². The highest BCUT2D eigenvalue weighted by atomic mass is 16.2. The van der Waals surface area contributed by atoms with Crippen molar-refractivity contribution in [1.29, 1.82) is 0 Å². The Morgan fingerprint density at radius 3 is 2.43 bits per heavy atom. The van der Waals surface area contributed by atoms with E-state index < -0.39 is 0 Å². The standard InChI is InChI=1S/C16H27N5O2/c1-4-15(17-5-2)21-11-7-14(8-12-21)20-16(23)19-10-6-9-18-13(3)22/h4-5,14H,1-2,6-12H2,3H3,(H,18,22)(H2,19,20,23). The molecule has 0 aliphatic carbocycles. The number of piperidine rings is 1. The van der Waals surface area contributed by atoms with Gasteiger partial charge in [0.05, 0.1) is 0 Å². The zero-order valence-corrected chi connectivity index (χ0v) is 13.8. The summed E-state index contributed by atoms with van der Waals surface area (Å²) in [6, 6.07) is 0.00590. The Hall–Kier alpha value is -2.31. The zero-order chi connectivity index (χ0) is 17.1. The highest BCUT2D eigenvalue weighted by molar-refractivity contribution is 5.93. The third kappa shape index (κ3) is 7.49. The van der Waals surface area contributed by atoms with Crippen LogP contribution in [0.2, 0.25) is 0 Å². The summed E-state index contributed by atoms with van der Waals surface area (Å²) in [6.07, 6.45) is 5.67. The van der Waals surface area contributed by atoms with E-state index in [1.54, 1.807) is 6.08 Å². The second-order valence-corrected chi connectivity index (χ2v) is 5.37. The summed E-state index contributed by atoms with van der Waals surface area (Å²) in [5.41, 5.74) is 0. The van der Waals surface area contributed by atoms with E-state index in [0.717, 1.165) is 31.8 Å². The monoisotopic (exact) mass is 321 g/mol. The minimum atomic E-state index is -0.157. The Morgan fingerprint density at radius 2 is 1.87 bits per heavy atom. The summed E-state index contributed by atoms with van der Waals surface area (Å²) >= 11 is 0. The SMILES string of the molecule is C=CN=C(C=C)N1CCC(NC(=O)NCCCNC(C)=O)CC1. The summed E-state index contributed by atoms with van der Waals surface area (Å²) in [5.74, 6) is 0.765. The first-order chi connectivity index (χ1) is 11.1. The number of hydrogen-bond acceptors (Lipinski definition) is 3. The number of carbonyl (C=O) groups excluding carboxylic acids is 2. The normalized spacial score (nSPS) is 15.7. The van der Waals surface area contributed by atoms with Crippen molar-refractivity contribution in [3.05, 3.63) is 25.4 Å². The molecule has 0 aromatic rings. The molecule has 1 fully saturated rings. The van der Waals surface area contributed by atoms with Crippen molar-refractivity contribution >= 4 is 17.8 Å². The molecular weight excluding hydrogens is 294 g/mol. The van der Waals surface area contributed by atoms with Gasteiger partial charge in [0.25, 0.3) is 0 Å². The van der Waals surface area contributed by atoms with E-state index in [0.29, 0.717) is 19.5 Å². The van der Waals surface area contributed by atoms with Gasteiger partial charge >= 0.3 is 6.03 Å². The Labute approximate surface area is 137 Å². The second-order valence-electron chi connectivity index (χ2n) is 5.37. The molecule has 0 saturated carbocycles. The van der Waals surface area contributed by atoms with Crippen LogP contribution >= 0.6 is 0 Å². The van der Waals surface area contributed by atoms with Gasteiger partial charge in [0.2, 0.25) is 5.91 Å². The molecule has 0 atom stereocenters. The Balaban J connectivity index is 2.21. The number of amidine groups is 1. The molecular formula is C16H27N5O2. The third-order valence-corrected chi connectivity index (χ3v) is 3.57. The maximum atomic E-state index is 11.8. The number of hydrogen-bond donors (Lipinski definition) is 3. The molecule has 128 valence electrons. The van der Waals surface area contributed by atoms with Gasteiger partial charge in [0, 0.05) is 45.3 Å². The van der Waals surface area contributed by atoms with Gasteiger partial charge in [-0.1, -0.05) is 13.2 Å². The number of amides is 3. The number of rotatable bonds is 7. The number of nitrogens with one attached hydrogen (secondary N) is 3. The van der Waals surface area contributed by atoms with Crippen LogP contribution in [-0.2, 0) is 4.79 Å². The van der Waals surface area contributed by atoms with Gasteiger partial charge < -0.3 is 20.9 Å². The van der Waals surface area contributed by atoms with Gasteiger partial charge in [-0.15, -0.1) is 0 Å². The van der Waals surface area contributed by atoms with Gasteiger partial charge in [0.15, 0.2) is 0 Å². The van der Waals surface area contributed by atoms with Crippen LogP contribution < -0.4 is 16.0 Å². The molecule has 0 radical (unpaired) electrons. The molecule has 1 saturated heterocycles. The smallest absolute Gasteiger partial charge is 0.315 e. The molecule has 7 heteroatoms. The number of nitrogens with zero attached hydrogens (tertiary/aromatic N) is 2. The average Bonchev–Trinajstić information content (AvgIpc) is 2.53. The summed E-state index contributed by atoms with van der Waals surface area (Å²) in [4.78, 5) is 28.8. The van der Waals surface area contributed by atoms with Crippen molar-refractivity contribution in [3.8, 4) is 0 Å². The fourth-order valence-corrected chi connectivity index (χ4v) is 2.40. The maximum absolute atomic E-state index is 11.8. The van der Waals surface area contributed by atoms with Gasteiger partial charge in [-0.2, -0.15) is 0 Å². The third-order valence-electron chi connectivity index (χ3n) is 3.57. The van der Waals surface area contributed by atoms with Crippen LogP contribution in [0.3, 0.4) is 0 Å². The largest absolute Gasteiger partial charge is 0.356 e. The maximum Gasteiger partial charge on any atom is 0.315 e.